The monoisotopic (exact) mass is 278 g/mol. The molecule has 4 heteroatoms. The Morgan fingerprint density at radius 3 is 2.95 bits per heavy atom. The van der Waals surface area contributed by atoms with Crippen LogP contribution in [-0.4, -0.2) is 18.1 Å². The fourth-order valence-corrected chi connectivity index (χ4v) is 2.03. The van der Waals surface area contributed by atoms with Gasteiger partial charge in [0.1, 0.15) is 0 Å². The molecule has 1 N–H and O–H groups in total. The summed E-state index contributed by atoms with van der Waals surface area (Å²) in [5, 5.41) is 4.04. The highest BCUT2D eigenvalue weighted by Gasteiger charge is 2.07. The third kappa shape index (κ3) is 3.82. The van der Waals surface area contributed by atoms with E-state index in [1.165, 1.54) is 0 Å². The fraction of sp³-hybridized carbons (Fsp3) is 0.400. The third-order valence-corrected chi connectivity index (χ3v) is 3.41. The molecule has 102 valence electrons. The van der Waals surface area contributed by atoms with Gasteiger partial charge >= 0.3 is 0 Å². The van der Waals surface area contributed by atoms with E-state index in [9.17, 15) is 0 Å². The maximum Gasteiger partial charge on any atom is 0.194 e. The Morgan fingerprint density at radius 2 is 2.21 bits per heavy atom. The number of aromatic nitrogens is 1. The largest absolute Gasteiger partial charge is 0.441 e. The van der Waals surface area contributed by atoms with Crippen LogP contribution in [0.15, 0.2) is 28.8 Å². The van der Waals surface area contributed by atoms with Gasteiger partial charge in [-0.05, 0) is 38.1 Å². The molecule has 0 fully saturated rings. The van der Waals surface area contributed by atoms with Gasteiger partial charge in [0.15, 0.2) is 11.7 Å². The van der Waals surface area contributed by atoms with Crippen LogP contribution in [0.1, 0.15) is 24.8 Å². The lowest BCUT2D eigenvalue weighted by atomic mass is 10.1. The molecule has 1 aromatic heterocycles. The van der Waals surface area contributed by atoms with Crippen molar-refractivity contribution in [2.75, 3.05) is 13.1 Å². The molecule has 0 atom stereocenters. The molecule has 3 nitrogen and oxygen atoms in total. The first-order valence-electron chi connectivity index (χ1n) is 6.62. The van der Waals surface area contributed by atoms with Crippen molar-refractivity contribution in [2.24, 2.45) is 0 Å². The average molecular weight is 279 g/mol. The molecule has 0 aliphatic heterocycles. The van der Waals surface area contributed by atoms with E-state index in [0.29, 0.717) is 0 Å². The van der Waals surface area contributed by atoms with Crippen LogP contribution >= 0.6 is 11.6 Å². The molecule has 19 heavy (non-hydrogen) atoms. The van der Waals surface area contributed by atoms with E-state index in [1.807, 2.05) is 25.1 Å². The van der Waals surface area contributed by atoms with Crippen molar-refractivity contribution in [1.29, 1.82) is 0 Å². The van der Waals surface area contributed by atoms with Crippen LogP contribution in [0.2, 0.25) is 5.02 Å². The first kappa shape index (κ1) is 14.1. The predicted molar refractivity (Wildman–Crippen MR) is 78.6 cm³/mol. The van der Waals surface area contributed by atoms with Gasteiger partial charge in [-0.15, -0.1) is 0 Å². The van der Waals surface area contributed by atoms with Crippen LogP contribution in [0, 0.1) is 6.92 Å². The van der Waals surface area contributed by atoms with Crippen LogP contribution in [-0.2, 0) is 6.42 Å². The Labute approximate surface area is 119 Å². The van der Waals surface area contributed by atoms with Crippen LogP contribution in [0.25, 0.3) is 11.3 Å². The van der Waals surface area contributed by atoms with E-state index >= 15 is 0 Å². The van der Waals surface area contributed by atoms with Gasteiger partial charge in [-0.25, -0.2) is 4.98 Å². The number of nitrogens with one attached hydrogen (secondary N) is 1. The normalized spacial score (nSPS) is 10.9. The minimum Gasteiger partial charge on any atom is -0.441 e. The molecule has 0 radical (unpaired) electrons. The number of benzene rings is 1. The lowest BCUT2D eigenvalue weighted by molar-refractivity contribution is 0.493. The Bertz CT molecular complexity index is 537. The Kier molecular flexibility index (Phi) is 5.00. The zero-order chi connectivity index (χ0) is 13.7. The summed E-state index contributed by atoms with van der Waals surface area (Å²) in [7, 11) is 0. The van der Waals surface area contributed by atoms with Crippen molar-refractivity contribution in [2.45, 2.75) is 26.7 Å². The van der Waals surface area contributed by atoms with Gasteiger partial charge in [0.2, 0.25) is 0 Å². The molecule has 0 saturated heterocycles. The lowest BCUT2D eigenvalue weighted by Crippen LogP contribution is -2.14. The number of hydrogen-bond acceptors (Lipinski definition) is 3. The first-order chi connectivity index (χ1) is 9.20. The summed E-state index contributed by atoms with van der Waals surface area (Å²) in [5.74, 6) is 1.56. The molecule has 1 heterocycles. The molecular weight excluding hydrogens is 260 g/mol. The highest BCUT2D eigenvalue weighted by atomic mass is 35.5. The van der Waals surface area contributed by atoms with Crippen LogP contribution in [0.3, 0.4) is 0 Å². The Balaban J connectivity index is 2.01. The maximum atomic E-state index is 6.12. The van der Waals surface area contributed by atoms with Gasteiger partial charge < -0.3 is 9.73 Å². The van der Waals surface area contributed by atoms with Crippen molar-refractivity contribution in [3.8, 4) is 11.3 Å². The first-order valence-corrected chi connectivity index (χ1v) is 7.00. The van der Waals surface area contributed by atoms with Gasteiger partial charge in [-0.1, -0.05) is 30.7 Å². The quantitative estimate of drug-likeness (QED) is 0.816. The second kappa shape index (κ2) is 6.73. The molecule has 0 unspecified atom stereocenters. The van der Waals surface area contributed by atoms with E-state index in [2.05, 4.69) is 17.2 Å². The summed E-state index contributed by atoms with van der Waals surface area (Å²) in [5.41, 5.74) is 2.04. The molecule has 0 amide bonds. The van der Waals surface area contributed by atoms with Crippen molar-refractivity contribution in [1.82, 2.24) is 10.3 Å². The summed E-state index contributed by atoms with van der Waals surface area (Å²) >= 11 is 6.12. The highest BCUT2D eigenvalue weighted by molar-refractivity contribution is 6.31. The molecule has 0 bridgehead atoms. The van der Waals surface area contributed by atoms with Crippen LogP contribution in [0.4, 0.5) is 0 Å². The SMILES string of the molecule is CCNCCCc1ncc(-c2ccc(C)c(Cl)c2)o1. The average Bonchev–Trinajstić information content (AvgIpc) is 2.87. The van der Waals surface area contributed by atoms with Gasteiger partial charge in [0.05, 0.1) is 6.20 Å². The van der Waals surface area contributed by atoms with Gasteiger partial charge in [-0.2, -0.15) is 0 Å². The van der Waals surface area contributed by atoms with Crippen molar-refractivity contribution >= 4 is 11.6 Å². The topological polar surface area (TPSA) is 38.1 Å². The van der Waals surface area contributed by atoms with Crippen molar-refractivity contribution in [3.63, 3.8) is 0 Å². The standard InChI is InChI=1S/C15H19ClN2O/c1-3-17-8-4-5-15-18-10-14(19-15)12-7-6-11(2)13(16)9-12/h6-7,9-10,17H,3-5,8H2,1-2H3. The minimum absolute atomic E-state index is 0.752. The number of halogens is 1. The molecule has 0 aliphatic rings. The van der Waals surface area contributed by atoms with Crippen LogP contribution in [0.5, 0.6) is 0 Å². The number of nitrogens with zero attached hydrogens (tertiary/aromatic N) is 1. The molecule has 0 aliphatic carbocycles. The molecule has 2 aromatic rings. The minimum atomic E-state index is 0.752. The molecule has 0 saturated carbocycles. The molecular formula is C15H19ClN2O. The summed E-state index contributed by atoms with van der Waals surface area (Å²) in [6, 6.07) is 5.91. The number of oxazole rings is 1. The van der Waals surface area contributed by atoms with Gasteiger partial charge in [0.25, 0.3) is 0 Å². The van der Waals surface area contributed by atoms with E-state index in [-0.39, 0.29) is 0 Å². The zero-order valence-electron chi connectivity index (χ0n) is 11.4. The van der Waals surface area contributed by atoms with E-state index < -0.39 is 0 Å². The lowest BCUT2D eigenvalue weighted by Gasteiger charge is -2.01. The summed E-state index contributed by atoms with van der Waals surface area (Å²) < 4.78 is 5.75. The molecule has 0 spiro atoms. The summed E-state index contributed by atoms with van der Waals surface area (Å²) in [6.45, 7) is 6.08. The predicted octanol–water partition coefficient (Wildman–Crippen LogP) is 3.85. The summed E-state index contributed by atoms with van der Waals surface area (Å²) in [6.07, 6.45) is 3.65. The number of rotatable bonds is 6. The zero-order valence-corrected chi connectivity index (χ0v) is 12.1. The third-order valence-electron chi connectivity index (χ3n) is 3.00. The number of hydrogen-bond donors (Lipinski definition) is 1. The summed E-state index contributed by atoms with van der Waals surface area (Å²) in [4.78, 5) is 4.30. The van der Waals surface area contributed by atoms with Crippen molar-refractivity contribution < 1.29 is 4.42 Å². The Hall–Kier alpha value is -1.32. The molecule has 1 aromatic carbocycles. The van der Waals surface area contributed by atoms with Crippen LogP contribution < -0.4 is 5.32 Å². The van der Waals surface area contributed by atoms with E-state index in [1.54, 1.807) is 6.20 Å². The fourth-order valence-electron chi connectivity index (χ4n) is 1.85. The van der Waals surface area contributed by atoms with E-state index in [0.717, 1.165) is 53.7 Å². The van der Waals surface area contributed by atoms with Crippen molar-refractivity contribution in [3.05, 3.63) is 40.9 Å². The van der Waals surface area contributed by atoms with Gasteiger partial charge in [-0.3, -0.25) is 0 Å². The second-order valence-corrected chi connectivity index (χ2v) is 4.95. The number of aryl methyl sites for hydroxylation is 2. The highest BCUT2D eigenvalue weighted by Crippen LogP contribution is 2.26. The smallest absolute Gasteiger partial charge is 0.194 e. The van der Waals surface area contributed by atoms with E-state index in [4.69, 9.17) is 16.0 Å². The maximum absolute atomic E-state index is 6.12. The molecule has 2 rings (SSSR count). The van der Waals surface area contributed by atoms with Gasteiger partial charge in [0, 0.05) is 17.0 Å². The Morgan fingerprint density at radius 1 is 1.37 bits per heavy atom. The second-order valence-electron chi connectivity index (χ2n) is 4.54.